The maximum atomic E-state index is 14.0. The third kappa shape index (κ3) is 5.82. The zero-order valence-corrected chi connectivity index (χ0v) is 25.8. The van der Waals surface area contributed by atoms with Crippen molar-refractivity contribution in [2.45, 2.75) is 28.8 Å². The van der Waals surface area contributed by atoms with Gasteiger partial charge in [-0.3, -0.25) is 14.7 Å². The average Bonchev–Trinajstić information content (AvgIpc) is 3.01. The highest BCUT2D eigenvalue weighted by Crippen LogP contribution is 2.47. The zero-order valence-electron chi connectivity index (χ0n) is 23.5. The second-order valence-corrected chi connectivity index (χ2v) is 13.4. The molecule has 1 aromatic heterocycles. The summed E-state index contributed by atoms with van der Waals surface area (Å²) >= 11 is 12.3. The van der Waals surface area contributed by atoms with Crippen LogP contribution in [0.5, 0.6) is 0 Å². The van der Waals surface area contributed by atoms with E-state index < -0.39 is 9.84 Å². The van der Waals surface area contributed by atoms with Crippen LogP contribution in [0.4, 0.5) is 11.4 Å². The molecular formula is C32H31Cl2N5O3S. The van der Waals surface area contributed by atoms with Crippen molar-refractivity contribution in [3.63, 3.8) is 0 Å². The van der Waals surface area contributed by atoms with E-state index in [2.05, 4.69) is 31.5 Å². The van der Waals surface area contributed by atoms with Crippen molar-refractivity contribution in [3.05, 3.63) is 101 Å². The van der Waals surface area contributed by atoms with E-state index in [-0.39, 0.29) is 32.8 Å². The molecule has 6 rings (SSSR count). The summed E-state index contributed by atoms with van der Waals surface area (Å²) in [6, 6.07) is 21.6. The molecule has 0 radical (unpaired) electrons. The molecule has 1 amide bonds. The lowest BCUT2D eigenvalue weighted by Crippen LogP contribution is -2.58. The fourth-order valence-electron chi connectivity index (χ4n) is 6.07. The Labute approximate surface area is 261 Å². The second-order valence-electron chi connectivity index (χ2n) is 10.7. The van der Waals surface area contributed by atoms with Crippen LogP contribution in [0.25, 0.3) is 11.1 Å². The summed E-state index contributed by atoms with van der Waals surface area (Å²) < 4.78 is 28.0. The number of fused-ring (bicyclic) bond motifs is 3. The number of nitrogens with zero attached hydrogens (tertiary/aromatic N) is 3. The van der Waals surface area contributed by atoms with Crippen LogP contribution in [-0.4, -0.2) is 63.0 Å². The van der Waals surface area contributed by atoms with Crippen molar-refractivity contribution in [3.8, 4) is 11.1 Å². The molecule has 0 bridgehead atoms. The number of benzene rings is 3. The Morgan fingerprint density at radius 1 is 1.00 bits per heavy atom. The molecule has 2 aliphatic heterocycles. The number of amides is 1. The first-order valence-corrected chi connectivity index (χ1v) is 16.3. The van der Waals surface area contributed by atoms with Crippen LogP contribution >= 0.6 is 23.2 Å². The van der Waals surface area contributed by atoms with Gasteiger partial charge in [-0.05, 0) is 53.6 Å². The summed E-state index contributed by atoms with van der Waals surface area (Å²) in [6.45, 7) is 5.20. The van der Waals surface area contributed by atoms with Crippen molar-refractivity contribution >= 4 is 50.3 Å². The van der Waals surface area contributed by atoms with Gasteiger partial charge in [0, 0.05) is 69.0 Å². The van der Waals surface area contributed by atoms with Gasteiger partial charge in [-0.2, -0.15) is 0 Å². The molecule has 0 spiro atoms. The minimum atomic E-state index is -3.93. The molecule has 1 fully saturated rings. The normalized spacial score (nSPS) is 18.3. The lowest BCUT2D eigenvalue weighted by molar-refractivity contribution is -0.119. The quantitative estimate of drug-likeness (QED) is 0.270. The molecule has 11 heteroatoms. The number of hydrogen-bond donors (Lipinski definition) is 2. The number of carbonyl (C=O) groups excluding carboxylic acids is 1. The third-order valence-corrected chi connectivity index (χ3v) is 10.6. The van der Waals surface area contributed by atoms with E-state index in [9.17, 15) is 13.2 Å². The molecule has 2 atom stereocenters. The van der Waals surface area contributed by atoms with Crippen LogP contribution in [-0.2, 0) is 14.6 Å². The number of nitrogens with one attached hydrogen (secondary N) is 2. The van der Waals surface area contributed by atoms with Crippen molar-refractivity contribution < 1.29 is 13.2 Å². The van der Waals surface area contributed by atoms with E-state index in [1.165, 1.54) is 25.1 Å². The number of piperazine rings is 1. The summed E-state index contributed by atoms with van der Waals surface area (Å²) in [4.78, 5) is 20.8. The highest BCUT2D eigenvalue weighted by molar-refractivity contribution is 7.91. The third-order valence-electron chi connectivity index (χ3n) is 8.08. The lowest BCUT2D eigenvalue weighted by Gasteiger charge is -2.48. The van der Waals surface area contributed by atoms with Crippen LogP contribution in [0, 0.1) is 0 Å². The van der Waals surface area contributed by atoms with Gasteiger partial charge in [-0.15, -0.1) is 0 Å². The monoisotopic (exact) mass is 635 g/mol. The molecule has 222 valence electrons. The number of anilines is 2. The summed E-state index contributed by atoms with van der Waals surface area (Å²) in [5.41, 5.74) is 4.33. The first-order valence-electron chi connectivity index (χ1n) is 14.1. The van der Waals surface area contributed by atoms with E-state index in [1.807, 2.05) is 36.4 Å². The van der Waals surface area contributed by atoms with Crippen LogP contribution in [0.1, 0.15) is 18.5 Å². The van der Waals surface area contributed by atoms with E-state index in [1.54, 1.807) is 24.5 Å². The van der Waals surface area contributed by atoms with Crippen LogP contribution < -0.4 is 15.5 Å². The number of halogens is 2. The largest absolute Gasteiger partial charge is 0.376 e. The lowest BCUT2D eigenvalue weighted by atomic mass is 9.85. The van der Waals surface area contributed by atoms with Crippen molar-refractivity contribution in [1.29, 1.82) is 0 Å². The average molecular weight is 637 g/mol. The number of sulfone groups is 1. The molecule has 0 aliphatic carbocycles. The first kappa shape index (κ1) is 29.4. The van der Waals surface area contributed by atoms with E-state index >= 15 is 0 Å². The number of hydrogen-bond acceptors (Lipinski definition) is 7. The van der Waals surface area contributed by atoms with Gasteiger partial charge < -0.3 is 15.5 Å². The van der Waals surface area contributed by atoms with Gasteiger partial charge in [0.2, 0.25) is 15.7 Å². The Bertz CT molecular complexity index is 1770. The van der Waals surface area contributed by atoms with Gasteiger partial charge in [0.15, 0.2) is 0 Å². The smallest absolute Gasteiger partial charge is 0.216 e. The van der Waals surface area contributed by atoms with Crippen LogP contribution in [0.3, 0.4) is 0 Å². The molecule has 2 unspecified atom stereocenters. The molecule has 2 aliphatic rings. The Morgan fingerprint density at radius 2 is 1.79 bits per heavy atom. The van der Waals surface area contributed by atoms with E-state index in [0.717, 1.165) is 48.7 Å². The standard InChI is InChI=1S/C32H31Cl2N5O3S/c1-21(40)36-15-16-38-17-18-39(22-11-13-35-14-12-22)29(20-38)32-25-6-3-2-5-24(25)31-28(37-32)7-4-8-30(31)43(41,42)23-9-10-26(33)27(34)19-23/h2-14,19,29,32,37H,15-18,20H2,1H3,(H,36,40). The molecule has 3 aromatic carbocycles. The minimum Gasteiger partial charge on any atom is -0.376 e. The van der Waals surface area contributed by atoms with Crippen molar-refractivity contribution in [2.75, 3.05) is 42.9 Å². The fourth-order valence-corrected chi connectivity index (χ4v) is 7.96. The first-order chi connectivity index (χ1) is 20.7. The van der Waals surface area contributed by atoms with Crippen LogP contribution in [0.15, 0.2) is 95.0 Å². The Balaban J connectivity index is 1.42. The van der Waals surface area contributed by atoms with Crippen molar-refractivity contribution in [1.82, 2.24) is 15.2 Å². The Kier molecular flexibility index (Phi) is 8.33. The predicted octanol–water partition coefficient (Wildman–Crippen LogP) is 5.68. The van der Waals surface area contributed by atoms with E-state index in [0.29, 0.717) is 17.1 Å². The van der Waals surface area contributed by atoms with Gasteiger partial charge in [-0.25, -0.2) is 8.42 Å². The Morgan fingerprint density at radius 3 is 2.56 bits per heavy atom. The second kappa shape index (κ2) is 12.2. The van der Waals surface area contributed by atoms with Gasteiger partial charge in [0.1, 0.15) is 0 Å². The van der Waals surface area contributed by atoms with Crippen molar-refractivity contribution in [2.24, 2.45) is 0 Å². The molecule has 1 saturated heterocycles. The van der Waals surface area contributed by atoms with Gasteiger partial charge in [0.05, 0.1) is 31.9 Å². The van der Waals surface area contributed by atoms with E-state index in [4.69, 9.17) is 23.2 Å². The molecule has 4 aromatic rings. The fraction of sp³-hybridized carbons (Fsp3) is 0.250. The topological polar surface area (TPSA) is 94.6 Å². The minimum absolute atomic E-state index is 0.00175. The molecular weight excluding hydrogens is 605 g/mol. The number of rotatable bonds is 7. The summed E-state index contributed by atoms with van der Waals surface area (Å²) in [7, 11) is -3.93. The molecule has 0 saturated carbocycles. The number of aromatic nitrogens is 1. The number of pyridine rings is 1. The summed E-state index contributed by atoms with van der Waals surface area (Å²) in [5.74, 6) is -0.0434. The number of carbonyl (C=O) groups is 1. The highest BCUT2D eigenvalue weighted by Gasteiger charge is 2.39. The molecule has 3 heterocycles. The molecule has 43 heavy (non-hydrogen) atoms. The molecule has 2 N–H and O–H groups in total. The molecule has 8 nitrogen and oxygen atoms in total. The summed E-state index contributed by atoms with van der Waals surface area (Å²) in [6.07, 6.45) is 3.60. The highest BCUT2D eigenvalue weighted by atomic mass is 35.5. The van der Waals surface area contributed by atoms with Gasteiger partial charge >= 0.3 is 0 Å². The maximum Gasteiger partial charge on any atom is 0.216 e. The summed E-state index contributed by atoms with van der Waals surface area (Å²) in [5, 5.41) is 7.12. The maximum absolute atomic E-state index is 14.0. The van der Waals surface area contributed by atoms with Crippen LogP contribution in [0.2, 0.25) is 10.0 Å². The predicted molar refractivity (Wildman–Crippen MR) is 171 cm³/mol. The Hall–Kier alpha value is -3.63. The van der Waals surface area contributed by atoms with Gasteiger partial charge in [0.25, 0.3) is 0 Å². The SMILES string of the molecule is CC(=O)NCCN1CCN(c2ccncc2)C(C2Nc3cccc(S(=O)(=O)c4ccc(Cl)c(Cl)c4)c3-c3ccccc32)C1. The van der Waals surface area contributed by atoms with Gasteiger partial charge in [-0.1, -0.05) is 53.5 Å². The zero-order chi connectivity index (χ0) is 30.1.